The van der Waals surface area contributed by atoms with Crippen LogP contribution in [0.1, 0.15) is 52.1 Å². The quantitative estimate of drug-likeness (QED) is 0.331. The lowest BCUT2D eigenvalue weighted by atomic mass is 9.90. The molecule has 6 nitrogen and oxygen atoms in total. The second kappa shape index (κ2) is 10.2. The first-order chi connectivity index (χ1) is 12.1. The number of likely N-dealkylation sites (tertiary alicyclic amines) is 1. The second-order valence-electron chi connectivity index (χ2n) is 6.42. The Morgan fingerprint density at radius 2 is 2.08 bits per heavy atom. The van der Waals surface area contributed by atoms with Crippen LogP contribution in [0.4, 0.5) is 0 Å². The van der Waals surface area contributed by atoms with Crippen LogP contribution in [0, 0.1) is 11.8 Å². The summed E-state index contributed by atoms with van der Waals surface area (Å²) >= 11 is 0. The summed E-state index contributed by atoms with van der Waals surface area (Å²) < 4.78 is 1.81. The molecular weight excluding hydrogens is 356 g/mol. The molecule has 2 rings (SSSR count). The molecule has 1 fully saturated rings. The van der Waals surface area contributed by atoms with Gasteiger partial charge in [-0.1, -0.05) is 54.0 Å². The van der Waals surface area contributed by atoms with E-state index in [4.69, 9.17) is 0 Å². The van der Waals surface area contributed by atoms with E-state index in [1.165, 1.54) is 4.90 Å². The molecule has 2 unspecified atom stereocenters. The third-order valence-electron chi connectivity index (χ3n) is 4.58. The fourth-order valence-corrected chi connectivity index (χ4v) is 4.68. The van der Waals surface area contributed by atoms with Crippen molar-refractivity contribution in [3.63, 3.8) is 0 Å². The van der Waals surface area contributed by atoms with Crippen molar-refractivity contribution >= 4 is 33.4 Å². The fourth-order valence-electron chi connectivity index (χ4n) is 2.86. The van der Waals surface area contributed by atoms with Gasteiger partial charge in [0.25, 0.3) is 0 Å². The molecule has 0 N–H and O–H groups in total. The minimum absolute atomic E-state index is 0.0562. The second-order valence-corrected chi connectivity index (χ2v) is 9.29. The van der Waals surface area contributed by atoms with Gasteiger partial charge in [0.2, 0.25) is 11.8 Å². The van der Waals surface area contributed by atoms with Crippen LogP contribution in [0.2, 0.25) is 0 Å². The molecule has 0 bridgehead atoms. The number of carbonyl (C=O) groups is 2. The van der Waals surface area contributed by atoms with Gasteiger partial charge in [-0.15, -0.1) is 5.10 Å². The number of imide groups is 1. The Kier molecular flexibility index (Phi) is 8.29. The number of rotatable bonds is 11. The molecule has 2 heterocycles. The van der Waals surface area contributed by atoms with Crippen molar-refractivity contribution < 1.29 is 9.59 Å². The molecule has 2 atom stereocenters. The van der Waals surface area contributed by atoms with Crippen molar-refractivity contribution in [2.75, 3.05) is 11.5 Å². The van der Waals surface area contributed by atoms with Gasteiger partial charge in [-0.25, -0.2) is 0 Å². The monoisotopic (exact) mass is 384 g/mol. The molecule has 25 heavy (non-hydrogen) atoms. The predicted molar refractivity (Wildman–Crippen MR) is 103 cm³/mol. The Morgan fingerprint density at radius 3 is 2.80 bits per heavy atom. The van der Waals surface area contributed by atoms with Crippen LogP contribution >= 0.6 is 21.6 Å². The maximum atomic E-state index is 12.5. The zero-order chi connectivity index (χ0) is 18.2. The summed E-state index contributed by atoms with van der Waals surface area (Å²) in [6.45, 7) is 7.31. The van der Waals surface area contributed by atoms with E-state index in [0.717, 1.165) is 37.3 Å². The maximum absolute atomic E-state index is 12.5. The first-order valence-corrected chi connectivity index (χ1v) is 11.5. The van der Waals surface area contributed by atoms with Gasteiger partial charge in [0.1, 0.15) is 5.69 Å². The molecule has 2 amide bonds. The molecule has 1 aliphatic rings. The van der Waals surface area contributed by atoms with Gasteiger partial charge in [-0.3, -0.25) is 19.2 Å². The number of unbranched alkanes of at least 4 members (excludes halogenated alkanes) is 1. The predicted octanol–water partition coefficient (Wildman–Crippen LogP) is 3.38. The molecule has 140 valence electrons. The first kappa shape index (κ1) is 20.3. The van der Waals surface area contributed by atoms with Crippen LogP contribution in [-0.2, 0) is 22.7 Å². The van der Waals surface area contributed by atoms with Gasteiger partial charge in [0.05, 0.1) is 12.7 Å². The van der Waals surface area contributed by atoms with Gasteiger partial charge >= 0.3 is 0 Å². The summed E-state index contributed by atoms with van der Waals surface area (Å²) in [5.41, 5.74) is 0.683. The van der Waals surface area contributed by atoms with Crippen LogP contribution in [0.5, 0.6) is 0 Å². The molecule has 0 radical (unpaired) electrons. The highest BCUT2D eigenvalue weighted by Crippen LogP contribution is 2.29. The van der Waals surface area contributed by atoms with E-state index in [1.54, 1.807) is 0 Å². The number of hydrogen-bond donors (Lipinski definition) is 0. The highest BCUT2D eigenvalue weighted by atomic mass is 33.1. The summed E-state index contributed by atoms with van der Waals surface area (Å²) in [5, 5.41) is 8.24. The number of amides is 2. The van der Waals surface area contributed by atoms with Crippen LogP contribution in [-0.4, -0.2) is 43.2 Å². The maximum Gasteiger partial charge on any atom is 0.233 e. The molecule has 0 spiro atoms. The molecule has 1 aromatic rings. The SMILES string of the molecule is CCSSCCCCn1cc(CN2C(=O)CC(C(C)CC)C2=O)nn1. The van der Waals surface area contributed by atoms with Gasteiger partial charge < -0.3 is 0 Å². The molecule has 0 aliphatic carbocycles. The van der Waals surface area contributed by atoms with E-state index in [0.29, 0.717) is 12.1 Å². The van der Waals surface area contributed by atoms with E-state index in [1.807, 2.05) is 39.4 Å². The average Bonchev–Trinajstić information content (AvgIpc) is 3.17. The number of carbonyl (C=O) groups excluding carboxylic acids is 2. The van der Waals surface area contributed by atoms with Crippen LogP contribution < -0.4 is 0 Å². The molecule has 1 aromatic heterocycles. The van der Waals surface area contributed by atoms with Gasteiger partial charge in [0, 0.05) is 30.4 Å². The Balaban J connectivity index is 1.80. The first-order valence-electron chi connectivity index (χ1n) is 9.04. The summed E-state index contributed by atoms with van der Waals surface area (Å²) in [4.78, 5) is 26.0. The van der Waals surface area contributed by atoms with Gasteiger partial charge in [0.15, 0.2) is 0 Å². The zero-order valence-corrected chi connectivity index (χ0v) is 16.9. The third kappa shape index (κ3) is 5.74. The highest BCUT2D eigenvalue weighted by molar-refractivity contribution is 8.76. The van der Waals surface area contributed by atoms with Crippen molar-refractivity contribution in [3.05, 3.63) is 11.9 Å². The standard InChI is InChI=1S/C17H28N4O2S2/c1-4-13(3)15-10-16(22)21(17(15)23)12-14-11-20(19-18-14)8-6-7-9-25-24-5-2/h11,13,15H,4-10,12H2,1-3H3. The topological polar surface area (TPSA) is 68.1 Å². The third-order valence-corrected chi connectivity index (χ3v) is 7.15. The van der Waals surface area contributed by atoms with Crippen molar-refractivity contribution in [1.82, 2.24) is 19.9 Å². The molecule has 0 saturated carbocycles. The largest absolute Gasteiger partial charge is 0.276 e. The van der Waals surface area contributed by atoms with Crippen LogP contribution in [0.3, 0.4) is 0 Å². The molecule has 0 aromatic carbocycles. The summed E-state index contributed by atoms with van der Waals surface area (Å²) in [6, 6.07) is 0. The minimum Gasteiger partial charge on any atom is -0.276 e. The smallest absolute Gasteiger partial charge is 0.233 e. The van der Waals surface area contributed by atoms with Crippen molar-refractivity contribution in [3.8, 4) is 0 Å². The van der Waals surface area contributed by atoms with Crippen molar-refractivity contribution in [2.24, 2.45) is 11.8 Å². The van der Waals surface area contributed by atoms with E-state index < -0.39 is 0 Å². The van der Waals surface area contributed by atoms with E-state index in [9.17, 15) is 9.59 Å². The Labute approximate surface area is 157 Å². The number of nitrogens with zero attached hydrogens (tertiary/aromatic N) is 4. The van der Waals surface area contributed by atoms with Crippen molar-refractivity contribution in [2.45, 2.75) is 59.5 Å². The van der Waals surface area contributed by atoms with Gasteiger partial charge in [-0.05, 0) is 18.8 Å². The Bertz CT molecular complexity index is 579. The summed E-state index contributed by atoms with van der Waals surface area (Å²) in [5.74, 6) is 2.21. The lowest BCUT2D eigenvalue weighted by molar-refractivity contribution is -0.140. The number of aromatic nitrogens is 3. The normalized spacial score (nSPS) is 19.0. The Hall–Kier alpha value is -1.02. The lowest BCUT2D eigenvalue weighted by Gasteiger charge is -2.16. The van der Waals surface area contributed by atoms with E-state index in [2.05, 4.69) is 24.2 Å². The van der Waals surface area contributed by atoms with Crippen LogP contribution in [0.25, 0.3) is 0 Å². The van der Waals surface area contributed by atoms with Crippen LogP contribution in [0.15, 0.2) is 6.20 Å². The summed E-state index contributed by atoms with van der Waals surface area (Å²) in [6.07, 6.45) is 5.29. The lowest BCUT2D eigenvalue weighted by Crippen LogP contribution is -2.31. The number of aryl methyl sites for hydroxylation is 1. The Morgan fingerprint density at radius 1 is 1.28 bits per heavy atom. The van der Waals surface area contributed by atoms with Gasteiger partial charge in [-0.2, -0.15) is 0 Å². The highest BCUT2D eigenvalue weighted by Gasteiger charge is 2.40. The molecule has 8 heteroatoms. The fraction of sp³-hybridized carbons (Fsp3) is 0.765. The minimum atomic E-state index is -0.175. The van der Waals surface area contributed by atoms with E-state index in [-0.39, 0.29) is 30.2 Å². The average molecular weight is 385 g/mol. The molecule has 1 aliphatic heterocycles. The summed E-state index contributed by atoms with van der Waals surface area (Å²) in [7, 11) is 3.80. The molecule has 1 saturated heterocycles. The van der Waals surface area contributed by atoms with E-state index >= 15 is 0 Å². The van der Waals surface area contributed by atoms with Crippen molar-refractivity contribution in [1.29, 1.82) is 0 Å². The molecular formula is C17H28N4O2S2. The zero-order valence-electron chi connectivity index (χ0n) is 15.3. The number of hydrogen-bond acceptors (Lipinski definition) is 6.